The van der Waals surface area contributed by atoms with E-state index >= 15 is 0 Å². The van der Waals surface area contributed by atoms with Gasteiger partial charge in [0.15, 0.2) is 0 Å². The van der Waals surface area contributed by atoms with Gasteiger partial charge in [0.25, 0.3) is 0 Å². The monoisotopic (exact) mass is 173 g/mol. The van der Waals surface area contributed by atoms with Crippen molar-refractivity contribution >= 4 is 0 Å². The Hall–Kier alpha value is -1.08. The van der Waals surface area contributed by atoms with E-state index in [0.29, 0.717) is 6.04 Å². The first-order valence-electron chi connectivity index (χ1n) is 4.81. The predicted octanol–water partition coefficient (Wildman–Crippen LogP) is 1.93. The zero-order chi connectivity index (χ0) is 9.10. The Balaban J connectivity index is 2.01. The minimum absolute atomic E-state index is 0.621. The highest BCUT2D eigenvalue weighted by Crippen LogP contribution is 2.21. The van der Waals surface area contributed by atoms with Crippen molar-refractivity contribution in [2.45, 2.75) is 18.9 Å². The molecular formula is C12H15N. The van der Waals surface area contributed by atoms with Gasteiger partial charge in [-0.3, -0.25) is 0 Å². The van der Waals surface area contributed by atoms with E-state index in [1.807, 2.05) is 6.08 Å². The third kappa shape index (κ3) is 1.81. The van der Waals surface area contributed by atoms with Crippen LogP contribution in [-0.4, -0.2) is 12.6 Å². The summed E-state index contributed by atoms with van der Waals surface area (Å²) in [5, 5.41) is 3.46. The van der Waals surface area contributed by atoms with Gasteiger partial charge < -0.3 is 5.32 Å². The van der Waals surface area contributed by atoms with Crippen LogP contribution in [0.25, 0.3) is 0 Å². The van der Waals surface area contributed by atoms with Crippen LogP contribution in [0.5, 0.6) is 0 Å². The molecule has 0 aromatic heterocycles. The van der Waals surface area contributed by atoms with Gasteiger partial charge >= 0.3 is 0 Å². The summed E-state index contributed by atoms with van der Waals surface area (Å²) < 4.78 is 0. The van der Waals surface area contributed by atoms with Gasteiger partial charge in [-0.15, -0.1) is 6.58 Å². The summed E-state index contributed by atoms with van der Waals surface area (Å²) in [7, 11) is 0. The lowest BCUT2D eigenvalue weighted by Crippen LogP contribution is -2.29. The predicted molar refractivity (Wildman–Crippen MR) is 55.8 cm³/mol. The maximum Gasteiger partial charge on any atom is 0.0151 e. The molecule has 1 aliphatic carbocycles. The number of benzene rings is 1. The average molecular weight is 173 g/mol. The molecule has 1 aromatic rings. The molecule has 1 heteroatoms. The van der Waals surface area contributed by atoms with Crippen LogP contribution in [0, 0.1) is 0 Å². The molecule has 0 atom stereocenters. The minimum atomic E-state index is 0.621. The molecule has 0 amide bonds. The molecule has 0 heterocycles. The number of rotatable bonds is 3. The molecule has 0 saturated carbocycles. The first kappa shape index (κ1) is 8.52. The zero-order valence-electron chi connectivity index (χ0n) is 7.79. The number of fused-ring (bicyclic) bond motifs is 1. The number of hydrogen-bond acceptors (Lipinski definition) is 1. The molecule has 0 bridgehead atoms. The second-order valence-electron chi connectivity index (χ2n) is 3.57. The lowest BCUT2D eigenvalue weighted by molar-refractivity contribution is 0.567. The van der Waals surface area contributed by atoms with Gasteiger partial charge in [0.05, 0.1) is 0 Å². The lowest BCUT2D eigenvalue weighted by atomic mass is 10.1. The van der Waals surface area contributed by atoms with E-state index < -0.39 is 0 Å². The molecule has 0 spiro atoms. The third-order valence-corrected chi connectivity index (χ3v) is 2.60. The van der Waals surface area contributed by atoms with Crippen molar-refractivity contribution in [2.24, 2.45) is 0 Å². The summed E-state index contributed by atoms with van der Waals surface area (Å²) in [4.78, 5) is 0. The van der Waals surface area contributed by atoms with Gasteiger partial charge in [-0.25, -0.2) is 0 Å². The molecule has 0 unspecified atom stereocenters. The summed E-state index contributed by atoms with van der Waals surface area (Å²) in [6.07, 6.45) is 4.26. The van der Waals surface area contributed by atoms with Crippen molar-refractivity contribution in [3.63, 3.8) is 0 Å². The Kier molecular flexibility index (Phi) is 2.46. The van der Waals surface area contributed by atoms with E-state index in [1.165, 1.54) is 24.0 Å². The highest BCUT2D eigenvalue weighted by molar-refractivity contribution is 5.33. The van der Waals surface area contributed by atoms with Crippen LogP contribution in [0.3, 0.4) is 0 Å². The van der Waals surface area contributed by atoms with Gasteiger partial charge in [-0.2, -0.15) is 0 Å². The van der Waals surface area contributed by atoms with E-state index in [-0.39, 0.29) is 0 Å². The Bertz CT molecular complexity index is 279. The summed E-state index contributed by atoms with van der Waals surface area (Å²) in [5.74, 6) is 0. The van der Waals surface area contributed by atoms with Crippen molar-refractivity contribution < 1.29 is 0 Å². The molecular weight excluding hydrogens is 158 g/mol. The van der Waals surface area contributed by atoms with Crippen LogP contribution < -0.4 is 5.32 Å². The lowest BCUT2D eigenvalue weighted by Gasteiger charge is -2.08. The van der Waals surface area contributed by atoms with Crippen LogP contribution in [0.15, 0.2) is 36.9 Å². The molecule has 0 radical (unpaired) electrons. The van der Waals surface area contributed by atoms with E-state index in [2.05, 4.69) is 36.2 Å². The fourth-order valence-corrected chi connectivity index (χ4v) is 1.95. The standard InChI is InChI=1S/C12H15N/c1-2-7-13-12-8-10-5-3-4-6-11(10)9-12/h2-6,12-13H,1,7-9H2. The average Bonchev–Trinajstić information content (AvgIpc) is 2.57. The van der Waals surface area contributed by atoms with E-state index in [0.717, 1.165) is 6.54 Å². The Morgan fingerprint density at radius 3 is 2.46 bits per heavy atom. The molecule has 68 valence electrons. The van der Waals surface area contributed by atoms with Crippen molar-refractivity contribution in [3.05, 3.63) is 48.0 Å². The Morgan fingerprint density at radius 1 is 1.31 bits per heavy atom. The largest absolute Gasteiger partial charge is 0.310 e. The molecule has 1 N–H and O–H groups in total. The molecule has 0 fully saturated rings. The summed E-state index contributed by atoms with van der Waals surface area (Å²) >= 11 is 0. The van der Waals surface area contributed by atoms with Crippen molar-refractivity contribution in [2.75, 3.05) is 6.54 Å². The van der Waals surface area contributed by atoms with E-state index in [1.54, 1.807) is 0 Å². The highest BCUT2D eigenvalue weighted by atomic mass is 14.9. The Labute approximate surface area is 79.5 Å². The zero-order valence-corrected chi connectivity index (χ0v) is 7.79. The van der Waals surface area contributed by atoms with Crippen LogP contribution in [-0.2, 0) is 12.8 Å². The summed E-state index contributed by atoms with van der Waals surface area (Å²) in [6, 6.07) is 9.31. The second-order valence-corrected chi connectivity index (χ2v) is 3.57. The van der Waals surface area contributed by atoms with Crippen molar-refractivity contribution in [1.29, 1.82) is 0 Å². The molecule has 2 rings (SSSR count). The van der Waals surface area contributed by atoms with Gasteiger partial charge in [0.2, 0.25) is 0 Å². The summed E-state index contributed by atoms with van der Waals surface area (Å²) in [5.41, 5.74) is 3.01. The van der Waals surface area contributed by atoms with Crippen LogP contribution >= 0.6 is 0 Å². The normalized spacial score (nSPS) is 15.7. The Morgan fingerprint density at radius 2 is 1.92 bits per heavy atom. The SMILES string of the molecule is C=CCNC1Cc2ccccc2C1. The van der Waals surface area contributed by atoms with E-state index in [9.17, 15) is 0 Å². The first-order valence-corrected chi connectivity index (χ1v) is 4.81. The fourth-order valence-electron chi connectivity index (χ4n) is 1.95. The molecule has 0 aliphatic heterocycles. The van der Waals surface area contributed by atoms with Gasteiger partial charge in [-0.05, 0) is 24.0 Å². The van der Waals surface area contributed by atoms with Crippen molar-refractivity contribution in [1.82, 2.24) is 5.32 Å². The molecule has 1 aliphatic rings. The maximum absolute atomic E-state index is 3.71. The van der Waals surface area contributed by atoms with Crippen LogP contribution in [0.1, 0.15) is 11.1 Å². The molecule has 13 heavy (non-hydrogen) atoms. The van der Waals surface area contributed by atoms with Crippen LogP contribution in [0.4, 0.5) is 0 Å². The maximum atomic E-state index is 3.71. The summed E-state index contributed by atoms with van der Waals surface area (Å²) in [6.45, 7) is 4.62. The smallest absolute Gasteiger partial charge is 0.0151 e. The van der Waals surface area contributed by atoms with Gasteiger partial charge in [0, 0.05) is 12.6 Å². The fraction of sp³-hybridized carbons (Fsp3) is 0.333. The number of nitrogens with one attached hydrogen (secondary N) is 1. The van der Waals surface area contributed by atoms with Crippen molar-refractivity contribution in [3.8, 4) is 0 Å². The molecule has 1 aromatic carbocycles. The molecule has 0 saturated heterocycles. The van der Waals surface area contributed by atoms with Gasteiger partial charge in [0.1, 0.15) is 0 Å². The minimum Gasteiger partial charge on any atom is -0.310 e. The highest BCUT2D eigenvalue weighted by Gasteiger charge is 2.19. The molecule has 1 nitrogen and oxygen atoms in total. The van der Waals surface area contributed by atoms with Crippen LogP contribution in [0.2, 0.25) is 0 Å². The topological polar surface area (TPSA) is 12.0 Å². The second kappa shape index (κ2) is 3.75. The third-order valence-electron chi connectivity index (χ3n) is 2.60. The van der Waals surface area contributed by atoms with Gasteiger partial charge in [-0.1, -0.05) is 30.3 Å². The number of hydrogen-bond donors (Lipinski definition) is 1. The van der Waals surface area contributed by atoms with E-state index in [4.69, 9.17) is 0 Å². The quantitative estimate of drug-likeness (QED) is 0.689. The first-order chi connectivity index (χ1) is 6.40.